The molecule has 39 heavy (non-hydrogen) atoms. The van der Waals surface area contributed by atoms with Gasteiger partial charge in [0.25, 0.3) is 0 Å². The van der Waals surface area contributed by atoms with Crippen molar-refractivity contribution in [1.82, 2.24) is 4.57 Å². The minimum absolute atomic E-state index is 0.00351. The first-order chi connectivity index (χ1) is 18.6. The standard InChI is InChI=1S/C30H28F2N2O5/c1-30(2,15-37-3)28-26(27-24(38-4)10-16(29(35)36)11-25(27)39-5)20-8-17-13-33-14-18(17)9-23(20)34(28)19-6-7-21(31)22(32)12-19/h6-12,14H,13,15H2,1-5H3,(H,35,36). The van der Waals surface area contributed by atoms with E-state index in [1.807, 2.05) is 30.5 Å². The van der Waals surface area contributed by atoms with E-state index in [-0.39, 0.29) is 5.56 Å². The molecule has 0 saturated heterocycles. The van der Waals surface area contributed by atoms with Crippen LogP contribution >= 0.6 is 0 Å². The molecule has 1 aliphatic heterocycles. The monoisotopic (exact) mass is 534 g/mol. The minimum atomic E-state index is -1.13. The van der Waals surface area contributed by atoms with Crippen molar-refractivity contribution in [2.45, 2.75) is 25.8 Å². The average molecular weight is 535 g/mol. The largest absolute Gasteiger partial charge is 0.496 e. The lowest BCUT2D eigenvalue weighted by molar-refractivity contribution is 0.0696. The number of hydrogen-bond donors (Lipinski definition) is 1. The molecule has 0 saturated carbocycles. The van der Waals surface area contributed by atoms with Crippen molar-refractivity contribution >= 4 is 23.1 Å². The maximum atomic E-state index is 14.6. The van der Waals surface area contributed by atoms with Crippen LogP contribution < -0.4 is 9.47 Å². The molecule has 0 atom stereocenters. The molecule has 9 heteroatoms. The van der Waals surface area contributed by atoms with Crippen LogP contribution in [0.15, 0.2) is 47.5 Å². The molecule has 2 heterocycles. The van der Waals surface area contributed by atoms with Gasteiger partial charge in [-0.05, 0) is 47.5 Å². The number of ether oxygens (including phenoxy) is 3. The molecule has 0 amide bonds. The number of aromatic nitrogens is 1. The van der Waals surface area contributed by atoms with Crippen molar-refractivity contribution in [2.75, 3.05) is 27.9 Å². The number of benzene rings is 3. The van der Waals surface area contributed by atoms with Gasteiger partial charge in [-0.2, -0.15) is 0 Å². The summed E-state index contributed by atoms with van der Waals surface area (Å²) in [5.74, 6) is -2.47. The molecule has 7 nitrogen and oxygen atoms in total. The quantitative estimate of drug-likeness (QED) is 0.293. The van der Waals surface area contributed by atoms with Crippen LogP contribution in [0, 0.1) is 11.6 Å². The Bertz CT molecular complexity index is 1630. The van der Waals surface area contributed by atoms with Crippen molar-refractivity contribution < 1.29 is 32.9 Å². The third-order valence-corrected chi connectivity index (χ3v) is 7.03. The highest BCUT2D eigenvalue weighted by molar-refractivity contribution is 6.06. The molecule has 0 unspecified atom stereocenters. The van der Waals surface area contributed by atoms with Crippen molar-refractivity contribution in [1.29, 1.82) is 0 Å². The Balaban J connectivity index is 2.02. The fourth-order valence-electron chi connectivity index (χ4n) is 5.39. The molecule has 1 aromatic heterocycles. The number of halogens is 2. The maximum Gasteiger partial charge on any atom is 0.335 e. The van der Waals surface area contributed by atoms with Crippen LogP contribution in [0.1, 0.15) is 41.0 Å². The number of aromatic carboxylic acids is 1. The molecule has 5 rings (SSSR count). The summed E-state index contributed by atoms with van der Waals surface area (Å²) in [7, 11) is 4.52. The lowest BCUT2D eigenvalue weighted by atomic mass is 9.84. The van der Waals surface area contributed by atoms with E-state index in [0.717, 1.165) is 39.9 Å². The van der Waals surface area contributed by atoms with E-state index in [2.05, 4.69) is 4.99 Å². The number of carbonyl (C=O) groups is 1. The molecule has 1 N–H and O–H groups in total. The Labute approximate surface area is 224 Å². The summed E-state index contributed by atoms with van der Waals surface area (Å²) < 4.78 is 47.6. The first kappa shape index (κ1) is 26.4. The highest BCUT2D eigenvalue weighted by Gasteiger charge is 2.35. The number of methoxy groups -OCH3 is 3. The van der Waals surface area contributed by atoms with E-state index in [0.29, 0.717) is 41.5 Å². The van der Waals surface area contributed by atoms with Gasteiger partial charge in [0.15, 0.2) is 11.6 Å². The summed E-state index contributed by atoms with van der Waals surface area (Å²) in [6.07, 6.45) is 1.79. The van der Waals surface area contributed by atoms with Crippen molar-refractivity contribution in [3.05, 3.63) is 76.5 Å². The molecule has 0 spiro atoms. The number of carboxylic acids is 1. The Morgan fingerprint density at radius 3 is 2.28 bits per heavy atom. The van der Waals surface area contributed by atoms with Crippen LogP contribution in [0.5, 0.6) is 11.5 Å². The van der Waals surface area contributed by atoms with Gasteiger partial charge >= 0.3 is 5.97 Å². The smallest absolute Gasteiger partial charge is 0.335 e. The van der Waals surface area contributed by atoms with Gasteiger partial charge in [0, 0.05) is 47.1 Å². The molecule has 1 aliphatic rings. The number of nitrogens with zero attached hydrogens (tertiary/aromatic N) is 2. The highest BCUT2D eigenvalue weighted by atomic mass is 19.2. The second-order valence-electron chi connectivity index (χ2n) is 10.1. The summed E-state index contributed by atoms with van der Waals surface area (Å²) in [4.78, 5) is 16.3. The predicted octanol–water partition coefficient (Wildman–Crippen LogP) is 6.15. The lowest BCUT2D eigenvalue weighted by Crippen LogP contribution is -2.27. The highest BCUT2D eigenvalue weighted by Crippen LogP contribution is 2.50. The first-order valence-electron chi connectivity index (χ1n) is 12.3. The SMILES string of the molecule is COCC(C)(C)c1c(-c2c(OC)cc(C(=O)O)cc2OC)c2cc3c(cc2n1-c1ccc(F)c(F)c1)C=NC3. The maximum absolute atomic E-state index is 14.6. The molecule has 0 radical (unpaired) electrons. The molecule has 0 aliphatic carbocycles. The van der Waals surface area contributed by atoms with Crippen LogP contribution in [-0.4, -0.2) is 49.8 Å². The average Bonchev–Trinajstić information content (AvgIpc) is 3.50. The van der Waals surface area contributed by atoms with E-state index in [4.69, 9.17) is 14.2 Å². The van der Waals surface area contributed by atoms with Gasteiger partial charge in [-0.15, -0.1) is 0 Å². The van der Waals surface area contributed by atoms with Gasteiger partial charge in [-0.25, -0.2) is 13.6 Å². The van der Waals surface area contributed by atoms with Crippen LogP contribution in [0.25, 0.3) is 27.7 Å². The Kier molecular flexibility index (Phi) is 6.64. The molecule has 0 fully saturated rings. The molecule has 4 aromatic rings. The van der Waals surface area contributed by atoms with E-state index in [1.165, 1.54) is 32.4 Å². The Morgan fingerprint density at radius 1 is 1.00 bits per heavy atom. The number of fused-ring (bicyclic) bond motifs is 2. The summed E-state index contributed by atoms with van der Waals surface area (Å²) >= 11 is 0. The van der Waals surface area contributed by atoms with E-state index in [9.17, 15) is 18.7 Å². The lowest BCUT2D eigenvalue weighted by Gasteiger charge is -2.29. The zero-order chi connectivity index (χ0) is 28.1. The summed E-state index contributed by atoms with van der Waals surface area (Å²) in [6.45, 7) is 4.78. The third kappa shape index (κ3) is 4.32. The second kappa shape index (κ2) is 9.81. The first-order valence-corrected chi connectivity index (χ1v) is 12.3. The summed E-state index contributed by atoms with van der Waals surface area (Å²) in [5.41, 5.74) is 4.37. The number of aliphatic imine (C=N–C) groups is 1. The van der Waals surface area contributed by atoms with Crippen molar-refractivity contribution in [2.24, 2.45) is 4.99 Å². The third-order valence-electron chi connectivity index (χ3n) is 7.03. The van der Waals surface area contributed by atoms with Gasteiger partial charge in [0.1, 0.15) is 11.5 Å². The van der Waals surface area contributed by atoms with Crippen LogP contribution in [-0.2, 0) is 16.7 Å². The van der Waals surface area contributed by atoms with E-state index >= 15 is 0 Å². The second-order valence-corrected chi connectivity index (χ2v) is 10.1. The zero-order valence-electron chi connectivity index (χ0n) is 22.3. The fourth-order valence-corrected chi connectivity index (χ4v) is 5.39. The molecule has 3 aromatic carbocycles. The molecular formula is C30H28F2N2O5. The summed E-state index contributed by atoms with van der Waals surface area (Å²) in [6, 6.07) is 10.7. The van der Waals surface area contributed by atoms with Crippen LogP contribution in [0.4, 0.5) is 8.78 Å². The summed E-state index contributed by atoms with van der Waals surface area (Å²) in [5, 5.41) is 10.5. The normalized spacial score (nSPS) is 12.7. The number of carboxylic acid groups (broad SMARTS) is 1. The van der Waals surface area contributed by atoms with Gasteiger partial charge < -0.3 is 23.9 Å². The van der Waals surface area contributed by atoms with Crippen molar-refractivity contribution in [3.63, 3.8) is 0 Å². The molecule has 0 bridgehead atoms. The van der Waals surface area contributed by atoms with Crippen molar-refractivity contribution in [3.8, 4) is 28.3 Å². The fraction of sp³-hybridized carbons (Fsp3) is 0.267. The van der Waals surface area contributed by atoms with Gasteiger partial charge in [0.2, 0.25) is 0 Å². The van der Waals surface area contributed by atoms with Gasteiger partial charge in [-0.3, -0.25) is 4.99 Å². The van der Waals surface area contributed by atoms with E-state index < -0.39 is 23.0 Å². The molecular weight excluding hydrogens is 506 g/mol. The van der Waals surface area contributed by atoms with Gasteiger partial charge in [0.05, 0.1) is 44.0 Å². The predicted molar refractivity (Wildman–Crippen MR) is 145 cm³/mol. The van der Waals surface area contributed by atoms with E-state index in [1.54, 1.807) is 13.3 Å². The van der Waals surface area contributed by atoms with Crippen LogP contribution in [0.3, 0.4) is 0 Å². The van der Waals surface area contributed by atoms with Crippen LogP contribution in [0.2, 0.25) is 0 Å². The number of hydrogen-bond acceptors (Lipinski definition) is 5. The topological polar surface area (TPSA) is 82.3 Å². The zero-order valence-corrected chi connectivity index (χ0v) is 22.3. The molecule has 202 valence electrons. The Hall–Kier alpha value is -4.24. The Morgan fingerprint density at radius 2 is 1.69 bits per heavy atom. The van der Waals surface area contributed by atoms with Gasteiger partial charge in [-0.1, -0.05) is 13.8 Å². The number of rotatable bonds is 8. The minimum Gasteiger partial charge on any atom is -0.496 e.